The Morgan fingerprint density at radius 3 is 2.36 bits per heavy atom. The number of carbonyl (C=O) groups excluding carboxylic acids is 1. The van der Waals surface area contributed by atoms with E-state index in [0.717, 1.165) is 37.5 Å². The number of para-hydroxylation sites is 1. The molecule has 138 valence electrons. The second kappa shape index (κ2) is 8.22. The number of nitrogens with one attached hydrogen (secondary N) is 1. The number of carbonyl (C=O) groups is 1. The first-order chi connectivity index (χ1) is 12.1. The molecule has 1 aliphatic heterocycles. The number of nitrogens with zero attached hydrogens (tertiary/aromatic N) is 2. The Bertz CT molecular complexity index is 544. The molecule has 0 unspecified atom stereocenters. The highest BCUT2D eigenvalue weighted by molar-refractivity contribution is 5.89. The average molecular weight is 344 g/mol. The summed E-state index contributed by atoms with van der Waals surface area (Å²) in [6, 6.07) is 10.2. The number of rotatable bonds is 5. The Labute approximate surface area is 152 Å². The Balaban J connectivity index is 1.64. The van der Waals surface area contributed by atoms with Gasteiger partial charge in [0, 0.05) is 39.4 Å². The van der Waals surface area contributed by atoms with Crippen LogP contribution in [0.25, 0.3) is 0 Å². The second-order valence-corrected chi connectivity index (χ2v) is 8.08. The fourth-order valence-electron chi connectivity index (χ4n) is 4.47. The summed E-state index contributed by atoms with van der Waals surface area (Å²) in [4.78, 5) is 17.3. The predicted molar refractivity (Wildman–Crippen MR) is 104 cm³/mol. The van der Waals surface area contributed by atoms with Gasteiger partial charge in [-0.2, -0.15) is 0 Å². The van der Waals surface area contributed by atoms with Crippen molar-refractivity contribution in [2.45, 2.75) is 50.5 Å². The summed E-state index contributed by atoms with van der Waals surface area (Å²) in [7, 11) is 3.73. The van der Waals surface area contributed by atoms with Crippen molar-refractivity contribution in [2.75, 3.05) is 39.0 Å². The monoisotopic (exact) mass is 343 g/mol. The van der Waals surface area contributed by atoms with Gasteiger partial charge in [-0.3, -0.25) is 4.79 Å². The number of amides is 1. The summed E-state index contributed by atoms with van der Waals surface area (Å²) in [5.41, 5.74) is 0.576. The van der Waals surface area contributed by atoms with Crippen LogP contribution in [0.2, 0.25) is 0 Å². The third-order valence-corrected chi connectivity index (χ3v) is 5.92. The second-order valence-electron chi connectivity index (χ2n) is 8.08. The van der Waals surface area contributed by atoms with E-state index in [1.807, 2.05) is 32.3 Å². The van der Waals surface area contributed by atoms with Gasteiger partial charge < -0.3 is 15.1 Å². The van der Waals surface area contributed by atoms with E-state index in [1.54, 1.807) is 4.90 Å². The molecule has 0 radical (unpaired) electrons. The normalized spacial score (nSPS) is 21.7. The molecule has 1 amide bonds. The van der Waals surface area contributed by atoms with E-state index in [4.69, 9.17) is 0 Å². The lowest BCUT2D eigenvalue weighted by Gasteiger charge is -2.44. The van der Waals surface area contributed by atoms with Gasteiger partial charge in [-0.1, -0.05) is 37.5 Å². The number of likely N-dealkylation sites (tertiary alicyclic amines) is 1. The summed E-state index contributed by atoms with van der Waals surface area (Å²) in [6.07, 6.45) is 8.75. The zero-order valence-electron chi connectivity index (χ0n) is 15.8. The molecule has 1 heterocycles. The van der Waals surface area contributed by atoms with E-state index in [9.17, 15) is 4.79 Å². The Morgan fingerprint density at radius 1 is 1.12 bits per heavy atom. The van der Waals surface area contributed by atoms with E-state index in [-0.39, 0.29) is 5.91 Å². The third kappa shape index (κ3) is 4.55. The highest BCUT2D eigenvalue weighted by atomic mass is 16.2. The van der Waals surface area contributed by atoms with Crippen LogP contribution in [0.1, 0.15) is 44.9 Å². The van der Waals surface area contributed by atoms with Gasteiger partial charge in [0.05, 0.1) is 0 Å². The molecule has 2 aliphatic rings. The van der Waals surface area contributed by atoms with Crippen LogP contribution in [0.15, 0.2) is 30.3 Å². The van der Waals surface area contributed by atoms with Crippen molar-refractivity contribution >= 4 is 11.6 Å². The van der Waals surface area contributed by atoms with Crippen LogP contribution >= 0.6 is 0 Å². The SMILES string of the molecule is CN(C)C(=O)C1(Nc2ccccc2)CCN(CC2CCCCC2)CC1. The highest BCUT2D eigenvalue weighted by Gasteiger charge is 2.42. The third-order valence-electron chi connectivity index (χ3n) is 5.92. The van der Waals surface area contributed by atoms with Gasteiger partial charge in [-0.25, -0.2) is 0 Å². The number of likely N-dealkylation sites (N-methyl/N-ethyl adjacent to an activating group) is 1. The van der Waals surface area contributed by atoms with Crippen molar-refractivity contribution in [3.05, 3.63) is 30.3 Å². The summed E-state index contributed by atoms with van der Waals surface area (Å²) in [5, 5.41) is 3.58. The molecule has 4 heteroatoms. The predicted octanol–water partition coefficient (Wildman–Crippen LogP) is 3.60. The maximum absolute atomic E-state index is 13.0. The Kier molecular flexibility index (Phi) is 6.00. The molecular formula is C21H33N3O. The van der Waals surface area contributed by atoms with E-state index < -0.39 is 5.54 Å². The Hall–Kier alpha value is -1.55. The largest absolute Gasteiger partial charge is 0.371 e. The minimum Gasteiger partial charge on any atom is -0.371 e. The lowest BCUT2D eigenvalue weighted by atomic mass is 9.84. The number of anilines is 1. The van der Waals surface area contributed by atoms with Crippen LogP contribution in [-0.4, -0.2) is 55.0 Å². The zero-order valence-corrected chi connectivity index (χ0v) is 15.8. The summed E-state index contributed by atoms with van der Waals surface area (Å²) < 4.78 is 0. The topological polar surface area (TPSA) is 35.6 Å². The number of piperidine rings is 1. The van der Waals surface area contributed by atoms with E-state index in [2.05, 4.69) is 22.3 Å². The standard InChI is InChI=1S/C21H33N3O/c1-23(2)20(25)21(22-19-11-7-4-8-12-19)13-15-24(16-14-21)17-18-9-5-3-6-10-18/h4,7-8,11-12,18,22H,3,5-6,9-10,13-17H2,1-2H3. The first-order valence-electron chi connectivity index (χ1n) is 9.86. The molecular weight excluding hydrogens is 310 g/mol. The van der Waals surface area contributed by atoms with Gasteiger partial charge >= 0.3 is 0 Å². The van der Waals surface area contributed by atoms with Crippen molar-refractivity contribution in [1.29, 1.82) is 0 Å². The van der Waals surface area contributed by atoms with Crippen LogP contribution in [0.5, 0.6) is 0 Å². The highest BCUT2D eigenvalue weighted by Crippen LogP contribution is 2.31. The first-order valence-corrected chi connectivity index (χ1v) is 9.86. The minimum absolute atomic E-state index is 0.202. The molecule has 0 bridgehead atoms. The molecule has 1 aliphatic carbocycles. The van der Waals surface area contributed by atoms with Gasteiger partial charge in [0.25, 0.3) is 0 Å². The van der Waals surface area contributed by atoms with E-state index in [0.29, 0.717) is 0 Å². The summed E-state index contributed by atoms with van der Waals surface area (Å²) >= 11 is 0. The van der Waals surface area contributed by atoms with Gasteiger partial charge in [-0.05, 0) is 43.7 Å². The Morgan fingerprint density at radius 2 is 1.76 bits per heavy atom. The van der Waals surface area contributed by atoms with Crippen molar-refractivity contribution < 1.29 is 4.79 Å². The fraction of sp³-hybridized carbons (Fsp3) is 0.667. The van der Waals surface area contributed by atoms with Crippen LogP contribution in [0.3, 0.4) is 0 Å². The van der Waals surface area contributed by atoms with Crippen molar-refractivity contribution in [2.24, 2.45) is 5.92 Å². The minimum atomic E-state index is -0.464. The molecule has 0 atom stereocenters. The smallest absolute Gasteiger partial charge is 0.247 e. The van der Waals surface area contributed by atoms with Crippen LogP contribution in [0.4, 0.5) is 5.69 Å². The molecule has 0 aromatic heterocycles. The van der Waals surface area contributed by atoms with E-state index in [1.165, 1.54) is 38.6 Å². The van der Waals surface area contributed by atoms with Gasteiger partial charge in [0.15, 0.2) is 0 Å². The molecule has 25 heavy (non-hydrogen) atoms. The number of hydrogen-bond donors (Lipinski definition) is 1. The number of hydrogen-bond acceptors (Lipinski definition) is 3. The van der Waals surface area contributed by atoms with Gasteiger partial charge in [0.1, 0.15) is 5.54 Å². The maximum Gasteiger partial charge on any atom is 0.247 e. The van der Waals surface area contributed by atoms with E-state index >= 15 is 0 Å². The molecule has 1 aromatic carbocycles. The van der Waals surface area contributed by atoms with Gasteiger partial charge in [0.2, 0.25) is 5.91 Å². The molecule has 3 rings (SSSR count). The molecule has 1 aromatic rings. The fourth-order valence-corrected chi connectivity index (χ4v) is 4.47. The first kappa shape index (κ1) is 18.2. The molecule has 2 fully saturated rings. The lowest BCUT2D eigenvalue weighted by Crippen LogP contribution is -2.58. The molecule has 1 saturated carbocycles. The van der Waals surface area contributed by atoms with Crippen molar-refractivity contribution in [3.8, 4) is 0 Å². The van der Waals surface area contributed by atoms with Gasteiger partial charge in [-0.15, -0.1) is 0 Å². The van der Waals surface area contributed by atoms with Crippen LogP contribution in [0, 0.1) is 5.92 Å². The maximum atomic E-state index is 13.0. The average Bonchev–Trinajstić information content (AvgIpc) is 2.64. The van der Waals surface area contributed by atoms with Crippen molar-refractivity contribution in [1.82, 2.24) is 9.80 Å². The zero-order chi connectivity index (χ0) is 17.7. The molecule has 0 spiro atoms. The molecule has 4 nitrogen and oxygen atoms in total. The van der Waals surface area contributed by atoms with Crippen LogP contribution < -0.4 is 5.32 Å². The molecule has 1 saturated heterocycles. The quantitative estimate of drug-likeness (QED) is 0.887. The number of benzene rings is 1. The molecule has 1 N–H and O–H groups in total. The summed E-state index contributed by atoms with van der Waals surface area (Å²) in [6.45, 7) is 3.24. The van der Waals surface area contributed by atoms with Crippen molar-refractivity contribution in [3.63, 3.8) is 0 Å². The van der Waals surface area contributed by atoms with Crippen LogP contribution in [-0.2, 0) is 4.79 Å². The summed E-state index contributed by atoms with van der Waals surface area (Å²) in [5.74, 6) is 1.07. The lowest BCUT2D eigenvalue weighted by molar-refractivity contribution is -0.135.